The Labute approximate surface area is 171 Å². The van der Waals surface area contributed by atoms with Crippen LogP contribution in [0.4, 0.5) is 10.8 Å². The highest BCUT2D eigenvalue weighted by Gasteiger charge is 2.45. The number of nitrogens with zero attached hydrogens (tertiary/aromatic N) is 3. The van der Waals surface area contributed by atoms with E-state index in [1.807, 2.05) is 44.1 Å². The molecule has 2 aliphatic heterocycles. The molecule has 2 aliphatic rings. The van der Waals surface area contributed by atoms with Crippen LogP contribution in [0.15, 0.2) is 25.9 Å². The zero-order valence-electron chi connectivity index (χ0n) is 16.0. The van der Waals surface area contributed by atoms with Crippen molar-refractivity contribution in [3.05, 3.63) is 16.6 Å². The molecule has 2 bridgehead atoms. The highest BCUT2D eigenvalue weighted by molar-refractivity contribution is 9.10. The summed E-state index contributed by atoms with van der Waals surface area (Å²) in [5.41, 5.74) is 1.14. The maximum atomic E-state index is 12.6. The van der Waals surface area contributed by atoms with Crippen LogP contribution in [0.5, 0.6) is 0 Å². The van der Waals surface area contributed by atoms with Gasteiger partial charge in [0.15, 0.2) is 5.58 Å². The molecular weight excluding hydrogens is 430 g/mol. The lowest BCUT2D eigenvalue weighted by Gasteiger charge is -2.40. The number of amides is 1. The minimum absolute atomic E-state index is 0.138. The molecule has 0 aliphatic carbocycles. The molecule has 0 spiro atoms. The lowest BCUT2D eigenvalue weighted by Crippen LogP contribution is -2.56. The van der Waals surface area contributed by atoms with E-state index in [0.717, 1.165) is 46.4 Å². The predicted octanol–water partition coefficient (Wildman–Crippen LogP) is 4.90. The molecule has 0 saturated carbocycles. The van der Waals surface area contributed by atoms with E-state index in [9.17, 15) is 4.79 Å². The van der Waals surface area contributed by atoms with Crippen molar-refractivity contribution in [2.24, 2.45) is 0 Å². The number of oxazole rings is 1. The van der Waals surface area contributed by atoms with Gasteiger partial charge in [-0.2, -0.15) is 4.98 Å². The Bertz CT molecular complexity index is 865. The van der Waals surface area contributed by atoms with E-state index in [1.165, 1.54) is 0 Å². The first-order valence-corrected chi connectivity index (χ1v) is 11.2. The summed E-state index contributed by atoms with van der Waals surface area (Å²) >= 11 is 5.26. The Morgan fingerprint density at radius 1 is 1.30 bits per heavy atom. The number of piperazine rings is 1. The number of carbonyl (C=O) groups excluding carboxylic acids is 1. The van der Waals surface area contributed by atoms with Crippen molar-refractivity contribution in [3.8, 4) is 0 Å². The average molecular weight is 454 g/mol. The van der Waals surface area contributed by atoms with E-state index in [-0.39, 0.29) is 18.2 Å². The smallest absolute Gasteiger partial charge is 0.410 e. The second-order valence-corrected chi connectivity index (χ2v) is 9.87. The quantitative estimate of drug-likeness (QED) is 0.602. The molecule has 6 nitrogen and oxygen atoms in total. The molecule has 2 unspecified atom stereocenters. The standard InChI is InChI=1S/C19H24BrN3O3S/c1-19(2,3)26-18(24)23-11-5-6-12(23)10-22(9-11)17-21-15-8-13(27-4)7-14(20)16(15)25-17/h7-8,11-12H,5-6,9-10H2,1-4H3. The number of rotatable bonds is 2. The summed E-state index contributed by atoms with van der Waals surface area (Å²) in [4.78, 5) is 22.6. The molecule has 1 aromatic heterocycles. The van der Waals surface area contributed by atoms with Gasteiger partial charge < -0.3 is 14.1 Å². The molecule has 3 heterocycles. The largest absolute Gasteiger partial charge is 0.444 e. The van der Waals surface area contributed by atoms with Crippen molar-refractivity contribution in [2.45, 2.75) is 56.2 Å². The van der Waals surface area contributed by atoms with Gasteiger partial charge in [-0.05, 0) is 67.9 Å². The molecular formula is C19H24BrN3O3S. The van der Waals surface area contributed by atoms with E-state index < -0.39 is 5.60 Å². The first kappa shape index (κ1) is 18.9. The van der Waals surface area contributed by atoms with Gasteiger partial charge >= 0.3 is 6.09 Å². The van der Waals surface area contributed by atoms with Crippen molar-refractivity contribution >= 4 is 50.9 Å². The van der Waals surface area contributed by atoms with Gasteiger partial charge in [0.1, 0.15) is 11.1 Å². The third-order valence-electron chi connectivity index (χ3n) is 5.00. The van der Waals surface area contributed by atoms with Gasteiger partial charge in [-0.15, -0.1) is 11.8 Å². The first-order valence-electron chi connectivity index (χ1n) is 9.15. The molecule has 4 rings (SSSR count). The number of carbonyl (C=O) groups is 1. The van der Waals surface area contributed by atoms with E-state index in [1.54, 1.807) is 11.8 Å². The highest BCUT2D eigenvalue weighted by atomic mass is 79.9. The molecule has 1 amide bonds. The molecule has 2 saturated heterocycles. The summed E-state index contributed by atoms with van der Waals surface area (Å²) in [6, 6.07) is 5.00. The highest BCUT2D eigenvalue weighted by Crippen LogP contribution is 2.37. The number of ether oxygens (including phenoxy) is 1. The molecule has 2 aromatic rings. The molecule has 8 heteroatoms. The molecule has 0 radical (unpaired) electrons. The fourth-order valence-corrected chi connectivity index (χ4v) is 5.03. The molecule has 27 heavy (non-hydrogen) atoms. The molecule has 146 valence electrons. The van der Waals surface area contributed by atoms with E-state index in [4.69, 9.17) is 14.1 Å². The van der Waals surface area contributed by atoms with Gasteiger partial charge in [0, 0.05) is 18.0 Å². The molecule has 0 N–H and O–H groups in total. The van der Waals surface area contributed by atoms with Gasteiger partial charge in [0.05, 0.1) is 16.6 Å². The van der Waals surface area contributed by atoms with Crippen LogP contribution in [0.2, 0.25) is 0 Å². The number of hydrogen-bond acceptors (Lipinski definition) is 6. The van der Waals surface area contributed by atoms with Crippen LogP contribution >= 0.6 is 27.7 Å². The Balaban J connectivity index is 1.56. The third kappa shape index (κ3) is 3.66. The van der Waals surface area contributed by atoms with Gasteiger partial charge in [0.2, 0.25) is 0 Å². The van der Waals surface area contributed by atoms with Gasteiger partial charge in [-0.1, -0.05) is 0 Å². The Kier molecular flexibility index (Phi) is 4.83. The van der Waals surface area contributed by atoms with Crippen molar-refractivity contribution in [2.75, 3.05) is 24.2 Å². The number of fused-ring (bicyclic) bond motifs is 3. The molecule has 2 fully saturated rings. The van der Waals surface area contributed by atoms with Gasteiger partial charge in [0.25, 0.3) is 6.01 Å². The minimum atomic E-state index is -0.477. The minimum Gasteiger partial charge on any atom is -0.444 e. The summed E-state index contributed by atoms with van der Waals surface area (Å²) in [6.07, 6.45) is 3.81. The van der Waals surface area contributed by atoms with Crippen LogP contribution in [-0.2, 0) is 4.74 Å². The fraction of sp³-hybridized carbons (Fsp3) is 0.579. The third-order valence-corrected chi connectivity index (χ3v) is 6.30. The van der Waals surface area contributed by atoms with Crippen molar-refractivity contribution < 1.29 is 13.9 Å². The zero-order valence-corrected chi connectivity index (χ0v) is 18.4. The second-order valence-electron chi connectivity index (χ2n) is 8.13. The number of thioether (sulfide) groups is 1. The number of hydrogen-bond donors (Lipinski definition) is 0. The maximum Gasteiger partial charge on any atom is 0.410 e. The molecule has 1 aromatic carbocycles. The van der Waals surface area contributed by atoms with E-state index >= 15 is 0 Å². The van der Waals surface area contributed by atoms with Gasteiger partial charge in [-0.3, -0.25) is 4.90 Å². The number of anilines is 1. The second kappa shape index (κ2) is 6.88. The summed E-state index contributed by atoms with van der Waals surface area (Å²) in [7, 11) is 0. The topological polar surface area (TPSA) is 58.8 Å². The summed E-state index contributed by atoms with van der Waals surface area (Å²) in [5, 5.41) is 0. The lowest BCUT2D eigenvalue weighted by molar-refractivity contribution is 0.0120. The summed E-state index contributed by atoms with van der Waals surface area (Å²) in [5.74, 6) is 0. The predicted molar refractivity (Wildman–Crippen MR) is 111 cm³/mol. The fourth-order valence-electron chi connectivity index (χ4n) is 3.88. The Morgan fingerprint density at radius 2 is 1.96 bits per heavy atom. The monoisotopic (exact) mass is 453 g/mol. The Hall–Kier alpha value is -1.41. The van der Waals surface area contributed by atoms with Crippen LogP contribution in [0, 0.1) is 0 Å². The van der Waals surface area contributed by atoms with E-state index in [2.05, 4.69) is 20.8 Å². The summed E-state index contributed by atoms with van der Waals surface area (Å²) in [6.45, 7) is 7.15. The van der Waals surface area contributed by atoms with Crippen molar-refractivity contribution in [3.63, 3.8) is 0 Å². The van der Waals surface area contributed by atoms with Crippen LogP contribution in [0.1, 0.15) is 33.6 Å². The van der Waals surface area contributed by atoms with Crippen LogP contribution in [0.3, 0.4) is 0 Å². The lowest BCUT2D eigenvalue weighted by atomic mass is 10.2. The van der Waals surface area contributed by atoms with Crippen molar-refractivity contribution in [1.82, 2.24) is 9.88 Å². The van der Waals surface area contributed by atoms with Crippen LogP contribution in [0.25, 0.3) is 11.1 Å². The Morgan fingerprint density at radius 3 is 2.56 bits per heavy atom. The summed E-state index contributed by atoms with van der Waals surface area (Å²) < 4.78 is 12.6. The number of benzene rings is 1. The maximum absolute atomic E-state index is 12.6. The normalized spacial score (nSPS) is 22.6. The van der Waals surface area contributed by atoms with Gasteiger partial charge in [-0.25, -0.2) is 4.79 Å². The average Bonchev–Trinajstić information content (AvgIpc) is 3.12. The number of aromatic nitrogens is 1. The van der Waals surface area contributed by atoms with Crippen molar-refractivity contribution in [1.29, 1.82) is 0 Å². The van der Waals surface area contributed by atoms with Crippen LogP contribution < -0.4 is 4.90 Å². The zero-order chi connectivity index (χ0) is 19.3. The SMILES string of the molecule is CSc1cc(Br)c2oc(N3CC4CCC(C3)N4C(=O)OC(C)(C)C)nc2c1. The number of halogens is 1. The first-order chi connectivity index (χ1) is 12.7. The molecule has 2 atom stereocenters. The van der Waals surface area contributed by atoms with E-state index in [0.29, 0.717) is 6.01 Å². The van der Waals surface area contributed by atoms with Crippen LogP contribution in [-0.4, -0.2) is 53.0 Å².